The Labute approximate surface area is 200 Å². The van der Waals surface area contributed by atoms with Crippen molar-refractivity contribution >= 4 is 24.2 Å². The van der Waals surface area contributed by atoms with Crippen molar-refractivity contribution in [3.8, 4) is 0 Å². The second-order valence-corrected chi connectivity index (χ2v) is 10.3. The number of esters is 3. The molecule has 5 aliphatic rings. The summed E-state index contributed by atoms with van der Waals surface area (Å²) in [5.41, 5.74) is -2.59. The number of epoxide rings is 3. The maximum absolute atomic E-state index is 13.1. The molecule has 0 saturated carbocycles. The first-order valence-corrected chi connectivity index (χ1v) is 11.7. The molecule has 6 rings (SSSR count). The molecule has 188 valence electrons. The number of hydrogen-bond donors (Lipinski definition) is 0. The highest BCUT2D eigenvalue weighted by Gasteiger charge is 2.79. The van der Waals surface area contributed by atoms with Crippen LogP contribution in [0.2, 0.25) is 0 Å². The van der Waals surface area contributed by atoms with Gasteiger partial charge in [-0.25, -0.2) is 4.79 Å². The predicted molar refractivity (Wildman–Crippen MR) is 111 cm³/mol. The summed E-state index contributed by atoms with van der Waals surface area (Å²) >= 11 is 0. The molecule has 0 radical (unpaired) electrons. The van der Waals surface area contributed by atoms with Crippen molar-refractivity contribution in [2.24, 2.45) is 5.92 Å². The summed E-state index contributed by atoms with van der Waals surface area (Å²) in [5, 5.41) is 0. The Morgan fingerprint density at radius 1 is 1.23 bits per heavy atom. The van der Waals surface area contributed by atoms with Gasteiger partial charge in [0.2, 0.25) is 5.60 Å². The number of rotatable bonds is 5. The van der Waals surface area contributed by atoms with Gasteiger partial charge in [-0.3, -0.25) is 14.4 Å². The summed E-state index contributed by atoms with van der Waals surface area (Å²) in [7, 11) is 0. The first kappa shape index (κ1) is 22.7. The Hall–Kier alpha value is -2.76. The molecule has 0 spiro atoms. The van der Waals surface area contributed by atoms with E-state index in [4.69, 9.17) is 32.8 Å². The number of hydrogen-bond acceptors (Lipinski definition) is 11. The molecule has 8 atom stereocenters. The lowest BCUT2D eigenvalue weighted by molar-refractivity contribution is -0.166. The molecule has 5 aliphatic heterocycles. The molecule has 1 aromatic rings. The summed E-state index contributed by atoms with van der Waals surface area (Å²) < 4.78 is 40.3. The smallest absolute Gasteiger partial charge is 0.345 e. The van der Waals surface area contributed by atoms with Crippen LogP contribution in [0.3, 0.4) is 0 Å². The Bertz CT molecular complexity index is 1120. The lowest BCUT2D eigenvalue weighted by Crippen LogP contribution is -2.45. The molecular weight excluding hydrogens is 464 g/mol. The van der Waals surface area contributed by atoms with Crippen molar-refractivity contribution in [2.45, 2.75) is 81.3 Å². The lowest BCUT2D eigenvalue weighted by Gasteiger charge is -2.29. The molecule has 4 bridgehead atoms. The average molecular weight is 490 g/mol. The second kappa shape index (κ2) is 7.37. The van der Waals surface area contributed by atoms with Crippen molar-refractivity contribution in [2.75, 3.05) is 13.2 Å². The van der Waals surface area contributed by atoms with Crippen molar-refractivity contribution in [3.05, 3.63) is 23.2 Å². The standard InChI is InChI=1S/C24H26O11/c1-11(26)29-9-23(10-30-23)14-5-15-13(8-25)4-16(32-15)19-22(3,34-19)7-17-20-24(35-20,21(28)33-17)18(6-14)31-12(2)27/h4,8,14,17-20H,5-7,9-10H2,1-3H3/t14-,17-,18+,19+,20-,22-,23-,24-/m1/s1. The minimum atomic E-state index is -1.41. The monoisotopic (exact) mass is 490 g/mol. The molecule has 6 heterocycles. The van der Waals surface area contributed by atoms with E-state index in [1.807, 2.05) is 6.92 Å². The fraction of sp³-hybridized carbons (Fsp3) is 0.667. The first-order chi connectivity index (χ1) is 16.6. The zero-order chi connectivity index (χ0) is 24.8. The molecule has 4 saturated heterocycles. The van der Waals surface area contributed by atoms with Gasteiger partial charge in [-0.2, -0.15) is 0 Å². The molecule has 35 heavy (non-hydrogen) atoms. The van der Waals surface area contributed by atoms with Gasteiger partial charge in [0.15, 0.2) is 6.29 Å². The number of aldehydes is 1. The number of fused-ring (bicyclic) bond motifs is 4. The number of furan rings is 1. The summed E-state index contributed by atoms with van der Waals surface area (Å²) in [6.45, 7) is 4.70. The van der Waals surface area contributed by atoms with Gasteiger partial charge in [-0.05, 0) is 19.4 Å². The minimum Gasteiger partial charge on any atom is -0.463 e. The molecule has 1 aromatic heterocycles. The Kier molecular flexibility index (Phi) is 4.78. The van der Waals surface area contributed by atoms with E-state index in [0.717, 1.165) is 6.29 Å². The summed E-state index contributed by atoms with van der Waals surface area (Å²) in [5.74, 6) is -1.12. The first-order valence-electron chi connectivity index (χ1n) is 11.7. The predicted octanol–water partition coefficient (Wildman–Crippen LogP) is 1.20. The third-order valence-corrected chi connectivity index (χ3v) is 7.84. The van der Waals surface area contributed by atoms with Crippen LogP contribution >= 0.6 is 0 Å². The van der Waals surface area contributed by atoms with Crippen molar-refractivity contribution in [1.82, 2.24) is 0 Å². The number of carbonyl (C=O) groups excluding carboxylic acids is 4. The summed E-state index contributed by atoms with van der Waals surface area (Å²) in [6, 6.07) is 1.66. The molecule has 11 heteroatoms. The van der Waals surface area contributed by atoms with Crippen LogP contribution in [0.5, 0.6) is 0 Å². The van der Waals surface area contributed by atoms with Crippen LogP contribution in [0.25, 0.3) is 0 Å². The summed E-state index contributed by atoms with van der Waals surface area (Å²) in [6.07, 6.45) is -1.09. The molecule has 0 N–H and O–H groups in total. The Morgan fingerprint density at radius 2 is 2.00 bits per heavy atom. The molecule has 0 amide bonds. The maximum Gasteiger partial charge on any atom is 0.345 e. The molecule has 4 fully saturated rings. The van der Waals surface area contributed by atoms with Gasteiger partial charge >= 0.3 is 17.9 Å². The van der Waals surface area contributed by atoms with E-state index in [0.29, 0.717) is 23.5 Å². The van der Waals surface area contributed by atoms with Crippen LogP contribution in [0.15, 0.2) is 10.5 Å². The van der Waals surface area contributed by atoms with Gasteiger partial charge < -0.3 is 32.8 Å². The zero-order valence-corrected chi connectivity index (χ0v) is 19.6. The number of ether oxygens (including phenoxy) is 6. The molecule has 0 aliphatic carbocycles. The molecule has 11 nitrogen and oxygen atoms in total. The van der Waals surface area contributed by atoms with E-state index >= 15 is 0 Å². The third kappa shape index (κ3) is 3.51. The fourth-order valence-electron chi connectivity index (χ4n) is 5.76. The van der Waals surface area contributed by atoms with Crippen molar-refractivity contribution in [3.63, 3.8) is 0 Å². The van der Waals surface area contributed by atoms with Crippen LogP contribution in [0, 0.1) is 5.92 Å². The van der Waals surface area contributed by atoms with E-state index in [9.17, 15) is 19.2 Å². The molecular formula is C24H26O11. The van der Waals surface area contributed by atoms with Crippen LogP contribution in [-0.2, 0) is 49.2 Å². The normalized spacial score (nSPS) is 42.7. The molecule has 0 aromatic carbocycles. The van der Waals surface area contributed by atoms with E-state index < -0.39 is 65.0 Å². The van der Waals surface area contributed by atoms with Crippen LogP contribution < -0.4 is 0 Å². The quantitative estimate of drug-likeness (QED) is 0.254. The highest BCUT2D eigenvalue weighted by Crippen LogP contribution is 2.59. The minimum absolute atomic E-state index is 0.0298. The van der Waals surface area contributed by atoms with Crippen molar-refractivity contribution < 1.29 is 52.0 Å². The maximum atomic E-state index is 13.1. The highest BCUT2D eigenvalue weighted by atomic mass is 16.7. The Morgan fingerprint density at radius 3 is 2.63 bits per heavy atom. The van der Waals surface area contributed by atoms with Crippen LogP contribution in [0.4, 0.5) is 0 Å². The topological polar surface area (TPSA) is 147 Å². The lowest BCUT2D eigenvalue weighted by atomic mass is 9.80. The summed E-state index contributed by atoms with van der Waals surface area (Å²) in [4.78, 5) is 48.5. The van der Waals surface area contributed by atoms with E-state index in [1.54, 1.807) is 6.07 Å². The van der Waals surface area contributed by atoms with Crippen LogP contribution in [0.1, 0.15) is 61.6 Å². The van der Waals surface area contributed by atoms with Gasteiger partial charge in [0.05, 0.1) is 12.2 Å². The van der Waals surface area contributed by atoms with Gasteiger partial charge in [0.1, 0.15) is 53.7 Å². The average Bonchev–Trinajstić information content (AvgIpc) is 3.72. The van der Waals surface area contributed by atoms with Gasteiger partial charge in [0.25, 0.3) is 0 Å². The van der Waals surface area contributed by atoms with Gasteiger partial charge in [0, 0.05) is 32.6 Å². The Balaban J connectivity index is 1.41. The van der Waals surface area contributed by atoms with Gasteiger partial charge in [-0.15, -0.1) is 0 Å². The number of carbonyl (C=O) groups is 4. The zero-order valence-electron chi connectivity index (χ0n) is 19.6. The third-order valence-electron chi connectivity index (χ3n) is 7.84. The molecule has 0 unspecified atom stereocenters. The fourth-order valence-corrected chi connectivity index (χ4v) is 5.76. The highest BCUT2D eigenvalue weighted by molar-refractivity contribution is 5.88. The van der Waals surface area contributed by atoms with E-state index in [2.05, 4.69) is 0 Å². The SMILES string of the molecule is CC(=O)OC[C@]1([C@@H]2Cc3oc(cc3C=O)[C@@H]3O[C@]3(C)C[C@H]3OC(=O)[C@@]4(O[C@H]34)[C@@H](OC(C)=O)C2)CO1. The second-order valence-electron chi connectivity index (χ2n) is 10.3. The van der Waals surface area contributed by atoms with E-state index in [-0.39, 0.29) is 26.1 Å². The van der Waals surface area contributed by atoms with Gasteiger partial charge in [-0.1, -0.05) is 0 Å². The van der Waals surface area contributed by atoms with Crippen molar-refractivity contribution in [1.29, 1.82) is 0 Å². The van der Waals surface area contributed by atoms with E-state index in [1.165, 1.54) is 13.8 Å². The van der Waals surface area contributed by atoms with Crippen LogP contribution in [-0.4, -0.2) is 72.5 Å². The largest absolute Gasteiger partial charge is 0.463 e.